The van der Waals surface area contributed by atoms with E-state index in [1.54, 1.807) is 25.1 Å². The summed E-state index contributed by atoms with van der Waals surface area (Å²) in [7, 11) is 0. The molecule has 0 radical (unpaired) electrons. The van der Waals surface area contributed by atoms with Crippen molar-refractivity contribution in [1.29, 1.82) is 0 Å². The molecule has 0 heterocycles. The molecule has 0 aliphatic carbocycles. The van der Waals surface area contributed by atoms with Crippen LogP contribution in [0.25, 0.3) is 33.0 Å². The molecule has 4 rings (SSSR count). The van der Waals surface area contributed by atoms with Crippen molar-refractivity contribution in [3.63, 3.8) is 0 Å². The maximum absolute atomic E-state index is 12.9. The lowest BCUT2D eigenvalue weighted by molar-refractivity contribution is 0.0527. The van der Waals surface area contributed by atoms with Crippen molar-refractivity contribution in [3.05, 3.63) is 95.0 Å². The number of halogens is 1. The second-order valence-electron chi connectivity index (χ2n) is 7.26. The fourth-order valence-corrected chi connectivity index (χ4v) is 4.00. The third-order valence-electron chi connectivity index (χ3n) is 5.26. The summed E-state index contributed by atoms with van der Waals surface area (Å²) in [5.74, 6) is -0.540. The lowest BCUT2D eigenvalue weighted by atomic mass is 9.88. The highest BCUT2D eigenvalue weighted by molar-refractivity contribution is 6.33. The van der Waals surface area contributed by atoms with E-state index in [-0.39, 0.29) is 12.4 Å². The Labute approximate surface area is 186 Å². The summed E-state index contributed by atoms with van der Waals surface area (Å²) in [5, 5.41) is 2.66. The second-order valence-corrected chi connectivity index (χ2v) is 7.67. The number of carbonyl (C=O) groups excluding carboxylic acids is 2. The Hall–Kier alpha value is -3.43. The van der Waals surface area contributed by atoms with Crippen LogP contribution in [0, 0.1) is 0 Å². The molecular weight excluding hydrogens is 408 g/mol. The molecular formula is C27H21ClO3. The minimum absolute atomic E-state index is 0.0909. The third kappa shape index (κ3) is 4.10. The molecule has 0 fully saturated rings. The van der Waals surface area contributed by atoms with Gasteiger partial charge in [0.2, 0.25) is 0 Å². The fraction of sp³-hybridized carbons (Fsp3) is 0.111. The van der Waals surface area contributed by atoms with Gasteiger partial charge in [0.1, 0.15) is 0 Å². The molecule has 0 spiro atoms. The van der Waals surface area contributed by atoms with Crippen LogP contribution in [0.4, 0.5) is 0 Å². The van der Waals surface area contributed by atoms with Crippen molar-refractivity contribution in [1.82, 2.24) is 0 Å². The van der Waals surface area contributed by atoms with Crippen molar-refractivity contribution in [3.8, 4) is 22.3 Å². The van der Waals surface area contributed by atoms with Crippen molar-refractivity contribution in [2.75, 3.05) is 6.61 Å². The molecule has 0 atom stereocenters. The zero-order valence-electron chi connectivity index (χ0n) is 17.3. The van der Waals surface area contributed by atoms with Gasteiger partial charge in [0.15, 0.2) is 5.78 Å². The molecule has 31 heavy (non-hydrogen) atoms. The van der Waals surface area contributed by atoms with Crippen LogP contribution in [-0.2, 0) is 4.74 Å². The summed E-state index contributed by atoms with van der Waals surface area (Å²) in [6, 6.07) is 24.8. The summed E-state index contributed by atoms with van der Waals surface area (Å²) in [6.45, 7) is 3.54. The highest BCUT2D eigenvalue weighted by atomic mass is 35.5. The van der Waals surface area contributed by atoms with Crippen molar-refractivity contribution < 1.29 is 14.3 Å². The van der Waals surface area contributed by atoms with Gasteiger partial charge in [-0.2, -0.15) is 0 Å². The average molecular weight is 429 g/mol. The minimum Gasteiger partial charge on any atom is -0.462 e. The first-order chi connectivity index (χ1) is 15.0. The molecule has 0 N–H and O–H groups in total. The SMILES string of the molecule is CCOC(=O)c1cc(-c2ccc3ccccc3c2)c(C(C)=O)cc1-c1ccccc1Cl. The highest BCUT2D eigenvalue weighted by Gasteiger charge is 2.21. The van der Waals surface area contributed by atoms with Gasteiger partial charge in [-0.3, -0.25) is 4.79 Å². The lowest BCUT2D eigenvalue weighted by Crippen LogP contribution is -2.09. The maximum atomic E-state index is 12.9. The van der Waals surface area contributed by atoms with Crippen molar-refractivity contribution in [2.45, 2.75) is 13.8 Å². The summed E-state index contributed by atoms with van der Waals surface area (Å²) in [4.78, 5) is 25.5. The zero-order chi connectivity index (χ0) is 22.0. The van der Waals surface area contributed by atoms with E-state index in [0.29, 0.717) is 32.8 Å². The van der Waals surface area contributed by atoms with Crippen LogP contribution >= 0.6 is 11.6 Å². The first kappa shape index (κ1) is 20.8. The predicted octanol–water partition coefficient (Wildman–Crippen LogP) is 7.21. The first-order valence-corrected chi connectivity index (χ1v) is 10.5. The Balaban J connectivity index is 2.01. The van der Waals surface area contributed by atoms with E-state index >= 15 is 0 Å². The van der Waals surface area contributed by atoms with Crippen LogP contribution in [0.15, 0.2) is 78.9 Å². The molecule has 0 aromatic heterocycles. The summed E-state index contributed by atoms with van der Waals surface area (Å²) < 4.78 is 5.32. The molecule has 0 aliphatic heterocycles. The summed E-state index contributed by atoms with van der Waals surface area (Å²) >= 11 is 6.43. The van der Waals surface area contributed by atoms with Crippen LogP contribution in [-0.4, -0.2) is 18.4 Å². The van der Waals surface area contributed by atoms with Crippen molar-refractivity contribution >= 4 is 34.1 Å². The summed E-state index contributed by atoms with van der Waals surface area (Å²) in [6.07, 6.45) is 0. The molecule has 4 heteroatoms. The van der Waals surface area contributed by atoms with E-state index in [1.807, 2.05) is 60.7 Å². The van der Waals surface area contributed by atoms with Gasteiger partial charge in [-0.15, -0.1) is 0 Å². The van der Waals surface area contributed by atoms with Crippen LogP contribution in [0.1, 0.15) is 34.6 Å². The van der Waals surface area contributed by atoms with Gasteiger partial charge in [0, 0.05) is 16.1 Å². The Morgan fingerprint density at radius 1 is 0.774 bits per heavy atom. The molecule has 0 saturated heterocycles. The van der Waals surface area contributed by atoms with Crippen LogP contribution in [0.2, 0.25) is 5.02 Å². The number of benzene rings is 4. The van der Waals surface area contributed by atoms with Gasteiger partial charge in [-0.25, -0.2) is 4.79 Å². The van der Waals surface area contributed by atoms with Gasteiger partial charge in [0.05, 0.1) is 12.2 Å². The van der Waals surface area contributed by atoms with Crippen molar-refractivity contribution in [2.24, 2.45) is 0 Å². The van der Waals surface area contributed by atoms with E-state index < -0.39 is 5.97 Å². The molecule has 4 aromatic carbocycles. The number of carbonyl (C=O) groups is 2. The Morgan fingerprint density at radius 2 is 1.45 bits per heavy atom. The Bertz CT molecular complexity index is 1310. The third-order valence-corrected chi connectivity index (χ3v) is 5.59. The van der Waals surface area contributed by atoms with E-state index in [4.69, 9.17) is 16.3 Å². The van der Waals surface area contributed by atoms with Crippen LogP contribution < -0.4 is 0 Å². The molecule has 0 saturated carbocycles. The number of esters is 1. The van der Waals surface area contributed by atoms with Crippen LogP contribution in [0.5, 0.6) is 0 Å². The number of fused-ring (bicyclic) bond motifs is 1. The standard InChI is InChI=1S/C27H21ClO3/c1-3-31-27(30)25-16-23(20-13-12-18-8-4-5-9-19(18)14-20)22(17(2)29)15-24(25)21-10-6-7-11-26(21)28/h4-16H,3H2,1-2H3. The largest absolute Gasteiger partial charge is 0.462 e. The molecule has 154 valence electrons. The van der Waals surface area contributed by atoms with Crippen LogP contribution in [0.3, 0.4) is 0 Å². The van der Waals surface area contributed by atoms with Gasteiger partial charge in [0.25, 0.3) is 0 Å². The number of rotatable bonds is 5. The number of ether oxygens (including phenoxy) is 1. The monoisotopic (exact) mass is 428 g/mol. The topological polar surface area (TPSA) is 43.4 Å². The number of hydrogen-bond acceptors (Lipinski definition) is 3. The van der Waals surface area contributed by atoms with Gasteiger partial charge >= 0.3 is 5.97 Å². The van der Waals surface area contributed by atoms with E-state index in [1.165, 1.54) is 6.92 Å². The molecule has 0 bridgehead atoms. The number of Topliss-reactive ketones (excluding diaryl/α,β-unsaturated/α-hetero) is 1. The average Bonchev–Trinajstić information content (AvgIpc) is 2.78. The molecule has 0 aliphatic rings. The van der Waals surface area contributed by atoms with E-state index in [0.717, 1.165) is 16.3 Å². The highest BCUT2D eigenvalue weighted by Crippen LogP contribution is 2.37. The lowest BCUT2D eigenvalue weighted by Gasteiger charge is -2.16. The second kappa shape index (κ2) is 8.75. The molecule has 0 amide bonds. The number of ketones is 1. The minimum atomic E-state index is -0.449. The normalized spacial score (nSPS) is 10.8. The Kier molecular flexibility index (Phi) is 5.88. The zero-order valence-corrected chi connectivity index (χ0v) is 18.1. The molecule has 3 nitrogen and oxygen atoms in total. The van der Waals surface area contributed by atoms with E-state index in [2.05, 4.69) is 0 Å². The molecule has 4 aromatic rings. The van der Waals surface area contributed by atoms with Gasteiger partial charge in [-0.05, 0) is 65.6 Å². The maximum Gasteiger partial charge on any atom is 0.338 e. The quantitative estimate of drug-likeness (QED) is 0.249. The first-order valence-electron chi connectivity index (χ1n) is 10.1. The van der Waals surface area contributed by atoms with E-state index in [9.17, 15) is 9.59 Å². The van der Waals surface area contributed by atoms with Gasteiger partial charge in [-0.1, -0.05) is 66.2 Å². The smallest absolute Gasteiger partial charge is 0.338 e. The van der Waals surface area contributed by atoms with Gasteiger partial charge < -0.3 is 4.74 Å². The Morgan fingerprint density at radius 3 is 2.16 bits per heavy atom. The number of hydrogen-bond donors (Lipinski definition) is 0. The predicted molar refractivity (Wildman–Crippen MR) is 126 cm³/mol. The summed E-state index contributed by atoms with van der Waals surface area (Å²) in [5.41, 5.74) is 3.72. The fourth-order valence-electron chi connectivity index (χ4n) is 3.77. The molecule has 0 unspecified atom stereocenters.